The highest BCUT2D eigenvalue weighted by Gasteiger charge is 2.06. The number of nitrogens with two attached hydrogens (primary N) is 1. The molecule has 0 aliphatic heterocycles. The van der Waals surface area contributed by atoms with Crippen LogP contribution in [0.5, 0.6) is 11.6 Å². The maximum Gasteiger partial charge on any atom is 0.224 e. The van der Waals surface area contributed by atoms with Gasteiger partial charge in [0.2, 0.25) is 11.8 Å². The fourth-order valence-electron chi connectivity index (χ4n) is 1.83. The number of hydrogen-bond acceptors (Lipinski definition) is 5. The van der Waals surface area contributed by atoms with E-state index in [1.807, 2.05) is 37.3 Å². The molecule has 5 nitrogen and oxygen atoms in total. The van der Waals surface area contributed by atoms with Crippen molar-refractivity contribution < 1.29 is 4.74 Å². The summed E-state index contributed by atoms with van der Waals surface area (Å²) in [7, 11) is 0. The van der Waals surface area contributed by atoms with E-state index in [2.05, 4.69) is 15.0 Å². The SMILES string of the molecule is Cc1ccc2cccc(Oc3ccnc(N)n3)c2n1. The quantitative estimate of drug-likeness (QED) is 0.759. The van der Waals surface area contributed by atoms with E-state index in [0.29, 0.717) is 11.6 Å². The van der Waals surface area contributed by atoms with Gasteiger partial charge < -0.3 is 10.5 Å². The maximum atomic E-state index is 5.73. The number of nitrogen functional groups attached to an aromatic ring is 1. The highest BCUT2D eigenvalue weighted by atomic mass is 16.5. The monoisotopic (exact) mass is 252 g/mol. The molecule has 0 bridgehead atoms. The lowest BCUT2D eigenvalue weighted by Gasteiger charge is -2.08. The molecule has 0 fully saturated rings. The number of hydrogen-bond donors (Lipinski definition) is 1. The second-order valence-electron chi connectivity index (χ2n) is 4.14. The van der Waals surface area contributed by atoms with Gasteiger partial charge in [-0.25, -0.2) is 9.97 Å². The topological polar surface area (TPSA) is 73.9 Å². The van der Waals surface area contributed by atoms with Crippen LogP contribution in [-0.4, -0.2) is 15.0 Å². The third kappa shape index (κ3) is 2.30. The second-order valence-corrected chi connectivity index (χ2v) is 4.14. The highest BCUT2D eigenvalue weighted by molar-refractivity contribution is 5.84. The van der Waals surface area contributed by atoms with Crippen molar-refractivity contribution in [2.24, 2.45) is 0 Å². The van der Waals surface area contributed by atoms with Gasteiger partial charge in [0.25, 0.3) is 0 Å². The largest absolute Gasteiger partial charge is 0.437 e. The lowest BCUT2D eigenvalue weighted by molar-refractivity contribution is 0.467. The first-order valence-electron chi connectivity index (χ1n) is 5.85. The number of fused-ring (bicyclic) bond motifs is 1. The Kier molecular flexibility index (Phi) is 2.72. The lowest BCUT2D eigenvalue weighted by Crippen LogP contribution is -1.96. The molecule has 2 aromatic heterocycles. The highest BCUT2D eigenvalue weighted by Crippen LogP contribution is 2.27. The van der Waals surface area contributed by atoms with E-state index in [4.69, 9.17) is 10.5 Å². The number of anilines is 1. The minimum absolute atomic E-state index is 0.182. The first-order valence-corrected chi connectivity index (χ1v) is 5.85. The first kappa shape index (κ1) is 11.4. The van der Waals surface area contributed by atoms with Crippen molar-refractivity contribution in [3.63, 3.8) is 0 Å². The van der Waals surface area contributed by atoms with Crippen molar-refractivity contribution in [1.82, 2.24) is 15.0 Å². The summed E-state index contributed by atoms with van der Waals surface area (Å²) in [5.41, 5.74) is 7.27. The number of pyridine rings is 1. The Morgan fingerprint density at radius 1 is 1.05 bits per heavy atom. The van der Waals surface area contributed by atoms with E-state index in [0.717, 1.165) is 16.6 Å². The molecule has 0 saturated heterocycles. The van der Waals surface area contributed by atoms with Gasteiger partial charge in [-0.15, -0.1) is 0 Å². The van der Waals surface area contributed by atoms with Crippen molar-refractivity contribution in [3.8, 4) is 11.6 Å². The van der Waals surface area contributed by atoms with E-state index in [9.17, 15) is 0 Å². The summed E-state index contributed by atoms with van der Waals surface area (Å²) in [5, 5.41) is 1.02. The maximum absolute atomic E-state index is 5.73. The van der Waals surface area contributed by atoms with Gasteiger partial charge in [-0.3, -0.25) is 0 Å². The van der Waals surface area contributed by atoms with Gasteiger partial charge in [0.15, 0.2) is 5.75 Å². The van der Waals surface area contributed by atoms with Crippen LogP contribution >= 0.6 is 0 Å². The summed E-state index contributed by atoms with van der Waals surface area (Å²) in [6.07, 6.45) is 1.56. The van der Waals surface area contributed by atoms with E-state index in [1.54, 1.807) is 12.3 Å². The normalized spacial score (nSPS) is 10.6. The fraction of sp³-hybridized carbons (Fsp3) is 0.0714. The molecule has 3 aromatic rings. The number of nitrogens with zero attached hydrogens (tertiary/aromatic N) is 3. The van der Waals surface area contributed by atoms with Crippen LogP contribution in [-0.2, 0) is 0 Å². The molecular weight excluding hydrogens is 240 g/mol. The van der Waals surface area contributed by atoms with Gasteiger partial charge in [-0.1, -0.05) is 18.2 Å². The molecule has 0 amide bonds. The zero-order valence-corrected chi connectivity index (χ0v) is 10.4. The number of aromatic nitrogens is 3. The van der Waals surface area contributed by atoms with Crippen molar-refractivity contribution >= 4 is 16.9 Å². The summed E-state index contributed by atoms with van der Waals surface area (Å²) >= 11 is 0. The van der Waals surface area contributed by atoms with E-state index in [-0.39, 0.29) is 5.95 Å². The molecule has 0 saturated carbocycles. The van der Waals surface area contributed by atoms with Crippen molar-refractivity contribution in [3.05, 3.63) is 48.3 Å². The standard InChI is InChI=1S/C14H12N4O/c1-9-5-6-10-3-2-4-11(13(10)17-9)19-12-7-8-16-14(15)18-12/h2-8H,1H3,(H2,15,16,18). The minimum atomic E-state index is 0.182. The van der Waals surface area contributed by atoms with Crippen molar-refractivity contribution in [1.29, 1.82) is 0 Å². The molecular formula is C14H12N4O. The average molecular weight is 252 g/mol. The Balaban J connectivity index is 2.07. The van der Waals surface area contributed by atoms with Gasteiger partial charge in [0.1, 0.15) is 5.52 Å². The zero-order valence-electron chi connectivity index (χ0n) is 10.4. The van der Waals surface area contributed by atoms with Gasteiger partial charge >= 0.3 is 0 Å². The number of para-hydroxylation sites is 1. The molecule has 0 aliphatic carbocycles. The Morgan fingerprint density at radius 2 is 1.95 bits per heavy atom. The van der Waals surface area contributed by atoms with Crippen LogP contribution in [0, 0.1) is 6.92 Å². The molecule has 94 valence electrons. The Labute approximate surface area is 110 Å². The summed E-state index contributed by atoms with van der Waals surface area (Å²) in [4.78, 5) is 12.3. The molecule has 1 aromatic carbocycles. The molecule has 0 spiro atoms. The first-order chi connectivity index (χ1) is 9.22. The van der Waals surface area contributed by atoms with Gasteiger partial charge in [-0.2, -0.15) is 4.98 Å². The smallest absolute Gasteiger partial charge is 0.224 e. The fourth-order valence-corrected chi connectivity index (χ4v) is 1.83. The molecule has 19 heavy (non-hydrogen) atoms. The molecule has 2 N–H and O–H groups in total. The predicted molar refractivity (Wildman–Crippen MR) is 73.0 cm³/mol. The Hall–Kier alpha value is -2.69. The molecule has 2 heterocycles. The number of aryl methyl sites for hydroxylation is 1. The van der Waals surface area contributed by atoms with E-state index < -0.39 is 0 Å². The number of ether oxygens (including phenoxy) is 1. The molecule has 0 atom stereocenters. The summed E-state index contributed by atoms with van der Waals surface area (Å²) in [6.45, 7) is 1.94. The summed E-state index contributed by atoms with van der Waals surface area (Å²) in [6, 6.07) is 11.4. The second kappa shape index (κ2) is 4.53. The van der Waals surface area contributed by atoms with Gasteiger partial charge in [-0.05, 0) is 19.1 Å². The van der Waals surface area contributed by atoms with Crippen LogP contribution in [0.2, 0.25) is 0 Å². The van der Waals surface area contributed by atoms with Gasteiger partial charge in [0.05, 0.1) is 0 Å². The van der Waals surface area contributed by atoms with Crippen LogP contribution in [0.25, 0.3) is 10.9 Å². The summed E-state index contributed by atoms with van der Waals surface area (Å²) < 4.78 is 5.73. The van der Waals surface area contributed by atoms with Crippen LogP contribution in [0.4, 0.5) is 5.95 Å². The minimum Gasteiger partial charge on any atom is -0.437 e. The van der Waals surface area contributed by atoms with Crippen LogP contribution in [0.1, 0.15) is 5.69 Å². The Morgan fingerprint density at radius 3 is 2.79 bits per heavy atom. The number of benzene rings is 1. The van der Waals surface area contributed by atoms with Crippen molar-refractivity contribution in [2.75, 3.05) is 5.73 Å². The molecule has 0 unspecified atom stereocenters. The van der Waals surface area contributed by atoms with Crippen molar-refractivity contribution in [2.45, 2.75) is 6.92 Å². The predicted octanol–water partition coefficient (Wildman–Crippen LogP) is 2.71. The lowest BCUT2D eigenvalue weighted by atomic mass is 10.2. The third-order valence-corrected chi connectivity index (χ3v) is 2.69. The summed E-state index contributed by atoms with van der Waals surface area (Å²) in [5.74, 6) is 1.24. The van der Waals surface area contributed by atoms with E-state index in [1.165, 1.54) is 0 Å². The molecule has 0 radical (unpaired) electrons. The molecule has 0 aliphatic rings. The molecule has 3 rings (SSSR count). The molecule has 5 heteroatoms. The van der Waals surface area contributed by atoms with Gasteiger partial charge in [0, 0.05) is 23.3 Å². The van der Waals surface area contributed by atoms with Crippen LogP contribution in [0.15, 0.2) is 42.6 Å². The third-order valence-electron chi connectivity index (χ3n) is 2.69. The van der Waals surface area contributed by atoms with E-state index >= 15 is 0 Å². The van der Waals surface area contributed by atoms with Crippen LogP contribution < -0.4 is 10.5 Å². The average Bonchev–Trinajstić information content (AvgIpc) is 2.39. The van der Waals surface area contributed by atoms with Crippen LogP contribution in [0.3, 0.4) is 0 Å². The zero-order chi connectivity index (χ0) is 13.2. The number of rotatable bonds is 2. The Bertz CT molecular complexity index is 742.